The summed E-state index contributed by atoms with van der Waals surface area (Å²) < 4.78 is 70.8. The van der Waals surface area contributed by atoms with Gasteiger partial charge in [0.25, 0.3) is 0 Å². The van der Waals surface area contributed by atoms with Crippen LogP contribution in [0.5, 0.6) is 0 Å². The number of amidine groups is 1. The molecule has 206 valence electrons. The second-order valence-electron chi connectivity index (χ2n) is 9.92. The van der Waals surface area contributed by atoms with E-state index in [1.807, 2.05) is 11.8 Å². The fourth-order valence-electron chi connectivity index (χ4n) is 5.20. The third-order valence-corrected chi connectivity index (χ3v) is 10.5. The molecule has 2 fully saturated rings. The summed E-state index contributed by atoms with van der Waals surface area (Å²) in [6, 6.07) is 4.61. The van der Waals surface area contributed by atoms with Crippen LogP contribution in [0, 0.1) is 5.82 Å². The second kappa shape index (κ2) is 9.72. The maximum atomic E-state index is 14.0. The van der Waals surface area contributed by atoms with Crippen molar-refractivity contribution in [3.8, 4) is 0 Å². The summed E-state index contributed by atoms with van der Waals surface area (Å²) in [6.07, 6.45) is 4.81. The van der Waals surface area contributed by atoms with E-state index in [1.54, 1.807) is 11.6 Å². The number of alkyl halides is 2. The predicted octanol–water partition coefficient (Wildman–Crippen LogP) is 5.38. The number of aliphatic imine (C=N–C) groups is 1. The topological polar surface area (TPSA) is 92.5 Å². The highest BCUT2D eigenvalue weighted by Crippen LogP contribution is 2.49. The Labute approximate surface area is 232 Å². The van der Waals surface area contributed by atoms with E-state index in [-0.39, 0.29) is 23.7 Å². The summed E-state index contributed by atoms with van der Waals surface area (Å²) in [5.74, 6) is -0.0229. The molecule has 3 aliphatic rings. The maximum Gasteiger partial charge on any atom is 0.333 e. The largest absolute Gasteiger partial charge is 0.333 e. The molecule has 14 heteroatoms. The van der Waals surface area contributed by atoms with Crippen molar-refractivity contribution in [2.24, 2.45) is 4.99 Å². The van der Waals surface area contributed by atoms with Gasteiger partial charge in [0.2, 0.25) is 10.0 Å². The molecule has 2 atom stereocenters. The van der Waals surface area contributed by atoms with Crippen LogP contribution >= 0.6 is 22.9 Å². The Morgan fingerprint density at radius 3 is 2.69 bits per heavy atom. The van der Waals surface area contributed by atoms with Gasteiger partial charge in [0.1, 0.15) is 11.9 Å². The molecule has 2 aliphatic heterocycles. The van der Waals surface area contributed by atoms with Gasteiger partial charge in [0.05, 0.1) is 16.5 Å². The van der Waals surface area contributed by atoms with Gasteiger partial charge in [0.15, 0.2) is 10.8 Å². The van der Waals surface area contributed by atoms with Gasteiger partial charge in [-0.25, -0.2) is 27.2 Å². The van der Waals surface area contributed by atoms with Crippen molar-refractivity contribution in [2.75, 3.05) is 6.54 Å². The monoisotopic (exact) mass is 596 g/mol. The summed E-state index contributed by atoms with van der Waals surface area (Å²) >= 11 is 7.87. The minimum atomic E-state index is -3.56. The van der Waals surface area contributed by atoms with Crippen LogP contribution in [0.4, 0.5) is 13.2 Å². The first-order valence-corrected chi connectivity index (χ1v) is 15.2. The molecule has 1 N–H and O–H groups in total. The summed E-state index contributed by atoms with van der Waals surface area (Å²) in [5, 5.41) is 6.25. The van der Waals surface area contributed by atoms with Crippen molar-refractivity contribution in [2.45, 2.75) is 56.0 Å². The SMILES string of the molecule is CC[C@@]1(NS(=O)(=O)C2CC2)CC2=C(c3ccn(C(F)F)n3)[C@H](c3ccc(F)cc3Cl)N=C(c3nccs3)N2C1. The van der Waals surface area contributed by atoms with Gasteiger partial charge in [-0.1, -0.05) is 24.6 Å². The number of benzene rings is 1. The summed E-state index contributed by atoms with van der Waals surface area (Å²) in [5.41, 5.74) is 1.03. The molecule has 0 radical (unpaired) electrons. The first-order chi connectivity index (χ1) is 18.6. The predicted molar refractivity (Wildman–Crippen MR) is 143 cm³/mol. The number of fused-ring (bicyclic) bond motifs is 1. The zero-order valence-corrected chi connectivity index (χ0v) is 23.1. The number of nitrogens with one attached hydrogen (secondary N) is 1. The van der Waals surface area contributed by atoms with Crippen molar-refractivity contribution in [3.05, 3.63) is 74.8 Å². The molecule has 0 unspecified atom stereocenters. The van der Waals surface area contributed by atoms with E-state index in [9.17, 15) is 21.6 Å². The Hall–Kier alpha value is -2.74. The van der Waals surface area contributed by atoms with Crippen LogP contribution in [0.15, 0.2) is 52.7 Å². The van der Waals surface area contributed by atoms with Gasteiger partial charge < -0.3 is 4.90 Å². The molecule has 0 spiro atoms. The zero-order valence-electron chi connectivity index (χ0n) is 20.7. The van der Waals surface area contributed by atoms with Crippen molar-refractivity contribution in [3.63, 3.8) is 0 Å². The highest BCUT2D eigenvalue weighted by molar-refractivity contribution is 7.90. The highest BCUT2D eigenvalue weighted by atomic mass is 35.5. The Bertz CT molecular complexity index is 1590. The van der Waals surface area contributed by atoms with Crippen molar-refractivity contribution >= 4 is 44.4 Å². The molecule has 1 aliphatic carbocycles. The van der Waals surface area contributed by atoms with Crippen molar-refractivity contribution < 1.29 is 21.6 Å². The van der Waals surface area contributed by atoms with E-state index in [1.165, 1.54) is 41.8 Å². The molecule has 39 heavy (non-hydrogen) atoms. The smallest absolute Gasteiger partial charge is 0.325 e. The minimum absolute atomic E-state index is 0.122. The van der Waals surface area contributed by atoms with Gasteiger partial charge >= 0.3 is 6.55 Å². The van der Waals surface area contributed by atoms with Crippen LogP contribution in [0.3, 0.4) is 0 Å². The van der Waals surface area contributed by atoms with Crippen LogP contribution in [0.2, 0.25) is 5.02 Å². The van der Waals surface area contributed by atoms with Crippen LogP contribution in [0.25, 0.3) is 5.57 Å². The number of rotatable bonds is 8. The molecule has 1 saturated carbocycles. The molecule has 0 bridgehead atoms. The number of nitrogens with zero attached hydrogens (tertiary/aromatic N) is 5. The summed E-state index contributed by atoms with van der Waals surface area (Å²) in [4.78, 5) is 11.3. The van der Waals surface area contributed by atoms with Crippen LogP contribution in [-0.4, -0.2) is 51.3 Å². The lowest BCUT2D eigenvalue weighted by atomic mass is 9.89. The van der Waals surface area contributed by atoms with Crippen LogP contribution in [-0.2, 0) is 10.0 Å². The standard InChI is InChI=1S/C25H24ClF3N6O2S2/c1-2-25(33-39(36,37)15-4-5-15)12-19-20(18-7-9-35(32-18)24(28)29)21(16-6-3-14(27)11-17(16)26)31-22(34(19)13-25)23-30-8-10-38-23/h3,6-11,15,21,24,33H,2,4-5,12-13H2,1H3/t21-,25+/m0/s1. The molecule has 2 aromatic heterocycles. The number of sulfonamides is 1. The minimum Gasteiger partial charge on any atom is -0.325 e. The molecule has 0 amide bonds. The first-order valence-electron chi connectivity index (χ1n) is 12.4. The molecular weight excluding hydrogens is 573 g/mol. The fraction of sp³-hybridized carbons (Fsp3) is 0.400. The molecule has 3 aromatic rings. The van der Waals surface area contributed by atoms with E-state index in [4.69, 9.17) is 16.6 Å². The van der Waals surface area contributed by atoms with E-state index in [0.29, 0.717) is 51.6 Å². The lowest BCUT2D eigenvalue weighted by Gasteiger charge is -2.32. The Balaban J connectivity index is 1.56. The Morgan fingerprint density at radius 2 is 2.08 bits per heavy atom. The highest BCUT2D eigenvalue weighted by Gasteiger charge is 2.50. The Morgan fingerprint density at radius 1 is 1.28 bits per heavy atom. The second-order valence-corrected chi connectivity index (χ2v) is 13.2. The molecular formula is C25H24ClF3N6O2S2. The summed E-state index contributed by atoms with van der Waals surface area (Å²) in [7, 11) is -3.56. The number of hydrogen-bond acceptors (Lipinski definition) is 7. The number of halogens is 4. The Kier molecular flexibility index (Phi) is 6.60. The molecule has 6 rings (SSSR count). The average molecular weight is 597 g/mol. The summed E-state index contributed by atoms with van der Waals surface area (Å²) in [6.45, 7) is -0.671. The average Bonchev–Trinajstić information content (AvgIpc) is 3.27. The lowest BCUT2D eigenvalue weighted by molar-refractivity contribution is 0.0564. The van der Waals surface area contributed by atoms with Gasteiger partial charge in [-0.3, -0.25) is 4.99 Å². The van der Waals surface area contributed by atoms with E-state index < -0.39 is 39.2 Å². The first kappa shape index (κ1) is 26.5. The van der Waals surface area contributed by atoms with E-state index in [2.05, 4.69) is 14.8 Å². The number of thiazole rings is 1. The van der Waals surface area contributed by atoms with Crippen molar-refractivity contribution in [1.29, 1.82) is 0 Å². The van der Waals surface area contributed by atoms with E-state index >= 15 is 0 Å². The number of aromatic nitrogens is 3. The van der Waals surface area contributed by atoms with Gasteiger partial charge in [-0.05, 0) is 37.5 Å². The van der Waals surface area contributed by atoms with Crippen LogP contribution in [0.1, 0.15) is 61.5 Å². The molecule has 4 heterocycles. The third-order valence-electron chi connectivity index (χ3n) is 7.35. The normalized spacial score (nSPS) is 23.5. The van der Waals surface area contributed by atoms with Crippen molar-refractivity contribution in [1.82, 2.24) is 24.4 Å². The number of hydrogen-bond donors (Lipinski definition) is 1. The fourth-order valence-corrected chi connectivity index (χ4v) is 7.92. The van der Waals surface area contributed by atoms with Gasteiger partial charge in [0, 0.05) is 52.6 Å². The maximum absolute atomic E-state index is 14.0. The molecule has 1 saturated heterocycles. The lowest BCUT2D eigenvalue weighted by Crippen LogP contribution is -2.51. The van der Waals surface area contributed by atoms with E-state index in [0.717, 1.165) is 0 Å². The molecule has 8 nitrogen and oxygen atoms in total. The molecule has 1 aromatic carbocycles. The van der Waals surface area contributed by atoms with Gasteiger partial charge in [-0.2, -0.15) is 13.9 Å². The van der Waals surface area contributed by atoms with Crippen LogP contribution < -0.4 is 4.72 Å². The third kappa shape index (κ3) is 4.79. The van der Waals surface area contributed by atoms with Gasteiger partial charge in [-0.15, -0.1) is 11.3 Å². The quantitative estimate of drug-likeness (QED) is 0.377. The zero-order chi connectivity index (χ0) is 27.5.